The van der Waals surface area contributed by atoms with Gasteiger partial charge in [-0.25, -0.2) is 4.79 Å². The number of hydrogen-bond donors (Lipinski definition) is 0. The van der Waals surface area contributed by atoms with E-state index >= 15 is 0 Å². The highest BCUT2D eigenvalue weighted by molar-refractivity contribution is 8.00. The molecule has 0 saturated carbocycles. The van der Waals surface area contributed by atoms with Crippen LogP contribution in [0.4, 0.5) is 4.79 Å². The Balaban J connectivity index is 1.38. The minimum Gasteiger partial charge on any atom is -0.338 e. The van der Waals surface area contributed by atoms with E-state index < -0.39 is 6.04 Å². The number of carbonyl (C=O) groups is 3. The van der Waals surface area contributed by atoms with Crippen LogP contribution in [-0.4, -0.2) is 69.0 Å². The first kappa shape index (κ1) is 18.5. The van der Waals surface area contributed by atoms with Gasteiger partial charge in [0.1, 0.15) is 6.04 Å². The zero-order valence-corrected chi connectivity index (χ0v) is 16.0. The van der Waals surface area contributed by atoms with Crippen LogP contribution in [0.5, 0.6) is 0 Å². The number of aromatic nitrogens is 1. The Hall–Kier alpha value is -2.87. The largest absolute Gasteiger partial charge is 0.338 e. The molecule has 0 bridgehead atoms. The Morgan fingerprint density at radius 1 is 1.07 bits per heavy atom. The maximum Gasteiger partial charge on any atom is 0.327 e. The third kappa shape index (κ3) is 3.73. The average Bonchev–Trinajstić information content (AvgIpc) is 2.98. The number of thioether (sulfide) groups is 1. The van der Waals surface area contributed by atoms with Crippen molar-refractivity contribution < 1.29 is 14.4 Å². The van der Waals surface area contributed by atoms with Gasteiger partial charge in [-0.2, -0.15) is 0 Å². The molecule has 2 saturated heterocycles. The zero-order valence-electron chi connectivity index (χ0n) is 15.2. The van der Waals surface area contributed by atoms with Crippen LogP contribution in [0.25, 0.3) is 0 Å². The van der Waals surface area contributed by atoms with Crippen molar-refractivity contribution in [2.24, 2.45) is 0 Å². The molecule has 0 N–H and O–H groups in total. The summed E-state index contributed by atoms with van der Waals surface area (Å²) in [6.45, 7) is 1.35. The Bertz CT molecular complexity index is 878. The molecule has 2 aliphatic rings. The van der Waals surface area contributed by atoms with Gasteiger partial charge in [0, 0.05) is 30.4 Å². The second kappa shape index (κ2) is 8.02. The number of pyridine rings is 1. The van der Waals surface area contributed by atoms with Crippen LogP contribution in [0.3, 0.4) is 0 Å². The average molecular weight is 396 g/mol. The van der Waals surface area contributed by atoms with Crippen LogP contribution in [0.2, 0.25) is 0 Å². The molecule has 3 heterocycles. The van der Waals surface area contributed by atoms with Crippen LogP contribution >= 0.6 is 11.8 Å². The number of carbonyl (C=O) groups excluding carboxylic acids is 3. The molecule has 1 atom stereocenters. The van der Waals surface area contributed by atoms with Gasteiger partial charge in [-0.1, -0.05) is 30.3 Å². The van der Waals surface area contributed by atoms with Crippen molar-refractivity contribution in [3.63, 3.8) is 0 Å². The van der Waals surface area contributed by atoms with Gasteiger partial charge in [-0.15, -0.1) is 11.8 Å². The van der Waals surface area contributed by atoms with Gasteiger partial charge in [-0.05, 0) is 17.7 Å². The van der Waals surface area contributed by atoms with E-state index in [1.807, 2.05) is 42.5 Å². The Morgan fingerprint density at radius 2 is 1.82 bits per heavy atom. The highest BCUT2D eigenvalue weighted by Crippen LogP contribution is 2.25. The van der Waals surface area contributed by atoms with Crippen LogP contribution in [-0.2, 0) is 16.1 Å². The number of benzene rings is 1. The molecule has 28 heavy (non-hydrogen) atoms. The summed E-state index contributed by atoms with van der Waals surface area (Å²) in [7, 11) is 0. The molecule has 2 aliphatic heterocycles. The van der Waals surface area contributed by atoms with Crippen molar-refractivity contribution in [3.05, 3.63) is 60.4 Å². The number of amides is 4. The monoisotopic (exact) mass is 396 g/mol. The summed E-state index contributed by atoms with van der Waals surface area (Å²) in [5.41, 5.74) is 0.908. The van der Waals surface area contributed by atoms with Crippen molar-refractivity contribution in [2.75, 3.05) is 25.4 Å². The predicted molar refractivity (Wildman–Crippen MR) is 104 cm³/mol. The summed E-state index contributed by atoms with van der Waals surface area (Å²) >= 11 is 1.44. The van der Waals surface area contributed by atoms with Gasteiger partial charge >= 0.3 is 6.03 Å². The van der Waals surface area contributed by atoms with E-state index in [2.05, 4.69) is 4.98 Å². The first-order chi connectivity index (χ1) is 13.6. The standard InChI is InChI=1S/C20H20N4O3S/c25-18(14-28-16-6-8-21-9-7-16)22-10-11-23-17(13-22)19(26)24(20(23)27)12-15-4-2-1-3-5-15/h1-9,17H,10-14H2/t17-/m1/s1. The van der Waals surface area contributed by atoms with E-state index in [0.29, 0.717) is 18.8 Å². The Labute approximate surface area is 167 Å². The number of urea groups is 1. The van der Waals surface area contributed by atoms with E-state index in [9.17, 15) is 14.4 Å². The predicted octanol–water partition coefficient (Wildman–Crippen LogP) is 1.85. The first-order valence-electron chi connectivity index (χ1n) is 9.10. The number of nitrogens with zero attached hydrogens (tertiary/aromatic N) is 4. The van der Waals surface area contributed by atoms with E-state index in [0.717, 1.165) is 10.5 Å². The number of imide groups is 1. The van der Waals surface area contributed by atoms with Crippen molar-refractivity contribution in [1.29, 1.82) is 0 Å². The Kier molecular flexibility index (Phi) is 5.29. The molecule has 4 rings (SSSR count). The molecule has 7 nitrogen and oxygen atoms in total. The lowest BCUT2D eigenvalue weighted by Crippen LogP contribution is -2.55. The van der Waals surface area contributed by atoms with Crippen molar-refractivity contribution in [2.45, 2.75) is 17.5 Å². The fraction of sp³-hybridized carbons (Fsp3) is 0.300. The lowest BCUT2D eigenvalue weighted by molar-refractivity contribution is -0.134. The van der Waals surface area contributed by atoms with Gasteiger partial charge in [0.25, 0.3) is 5.91 Å². The van der Waals surface area contributed by atoms with Crippen molar-refractivity contribution in [3.8, 4) is 0 Å². The number of hydrogen-bond acceptors (Lipinski definition) is 5. The van der Waals surface area contributed by atoms with Gasteiger partial charge in [-0.3, -0.25) is 19.5 Å². The smallest absolute Gasteiger partial charge is 0.327 e. The molecule has 1 aromatic carbocycles. The molecule has 2 aromatic rings. The number of fused-ring (bicyclic) bond motifs is 1. The maximum absolute atomic E-state index is 12.8. The molecular formula is C20H20N4O3S. The molecule has 2 fully saturated rings. The fourth-order valence-electron chi connectivity index (χ4n) is 3.46. The zero-order chi connectivity index (χ0) is 19.5. The highest BCUT2D eigenvalue weighted by Gasteiger charge is 2.48. The summed E-state index contributed by atoms with van der Waals surface area (Å²) in [5.74, 6) is 0.0448. The summed E-state index contributed by atoms with van der Waals surface area (Å²) in [4.78, 5) is 47.6. The second-order valence-electron chi connectivity index (χ2n) is 6.71. The quantitative estimate of drug-likeness (QED) is 0.570. The second-order valence-corrected chi connectivity index (χ2v) is 7.76. The minimum atomic E-state index is -0.583. The molecule has 0 radical (unpaired) electrons. The molecule has 0 spiro atoms. The van der Waals surface area contributed by atoms with Gasteiger partial charge in [0.15, 0.2) is 0 Å². The SMILES string of the molecule is O=C(CSc1ccncc1)N1CCN2C(=O)N(Cc3ccccc3)C(=O)[C@H]2C1. The van der Waals surface area contributed by atoms with E-state index in [4.69, 9.17) is 0 Å². The molecule has 0 unspecified atom stereocenters. The summed E-state index contributed by atoms with van der Waals surface area (Å²) in [6, 6.07) is 12.3. The van der Waals surface area contributed by atoms with Crippen LogP contribution < -0.4 is 0 Å². The van der Waals surface area contributed by atoms with Gasteiger partial charge in [0.2, 0.25) is 5.91 Å². The first-order valence-corrected chi connectivity index (χ1v) is 10.1. The Morgan fingerprint density at radius 3 is 2.57 bits per heavy atom. The number of piperazine rings is 1. The summed E-state index contributed by atoms with van der Waals surface area (Å²) in [5, 5.41) is 0. The lowest BCUT2D eigenvalue weighted by Gasteiger charge is -2.35. The topological polar surface area (TPSA) is 73.8 Å². The molecule has 4 amide bonds. The van der Waals surface area contributed by atoms with E-state index in [-0.39, 0.29) is 30.9 Å². The van der Waals surface area contributed by atoms with Crippen LogP contribution in [0, 0.1) is 0 Å². The fourth-order valence-corrected chi connectivity index (χ4v) is 4.25. The third-order valence-corrected chi connectivity index (χ3v) is 5.95. The minimum absolute atomic E-state index is 0.0248. The molecule has 8 heteroatoms. The highest BCUT2D eigenvalue weighted by atomic mass is 32.2. The van der Waals surface area contributed by atoms with Crippen molar-refractivity contribution >= 4 is 29.6 Å². The lowest BCUT2D eigenvalue weighted by atomic mass is 10.1. The van der Waals surface area contributed by atoms with Crippen LogP contribution in [0.15, 0.2) is 59.8 Å². The molecule has 1 aromatic heterocycles. The normalized spacial score (nSPS) is 19.1. The van der Waals surface area contributed by atoms with Crippen molar-refractivity contribution in [1.82, 2.24) is 19.7 Å². The maximum atomic E-state index is 12.8. The van der Waals surface area contributed by atoms with Gasteiger partial charge in [0.05, 0.1) is 18.8 Å². The van der Waals surface area contributed by atoms with Gasteiger partial charge < -0.3 is 9.80 Å². The van der Waals surface area contributed by atoms with Crippen LogP contribution in [0.1, 0.15) is 5.56 Å². The van der Waals surface area contributed by atoms with E-state index in [1.54, 1.807) is 22.2 Å². The third-order valence-electron chi connectivity index (χ3n) is 4.96. The molecule has 144 valence electrons. The molecule has 0 aliphatic carbocycles. The summed E-state index contributed by atoms with van der Waals surface area (Å²) in [6.07, 6.45) is 3.38. The summed E-state index contributed by atoms with van der Waals surface area (Å²) < 4.78 is 0. The van der Waals surface area contributed by atoms with E-state index in [1.165, 1.54) is 16.7 Å². The number of rotatable bonds is 5. The molecular weight excluding hydrogens is 376 g/mol.